The summed E-state index contributed by atoms with van der Waals surface area (Å²) in [5.41, 5.74) is 5.32. The van der Waals surface area contributed by atoms with Crippen LogP contribution in [0.15, 0.2) is 42.5 Å². The normalized spacial score (nSPS) is 17.3. The van der Waals surface area contributed by atoms with Crippen molar-refractivity contribution in [2.45, 2.75) is 52.0 Å². The number of β-amino-alcohol motifs (C(OH)–C–C–N with tert-alkyl or cyclic N) is 1. The Bertz CT molecular complexity index is 1400. The molecule has 2 aliphatic heterocycles. The molecular formula is C30H35ClN4O4. The number of esters is 1. The quantitative estimate of drug-likeness (QED) is 0.445. The topological polar surface area (TPSA) is 87.9 Å². The summed E-state index contributed by atoms with van der Waals surface area (Å²) in [5.74, 6) is -0.748. The van der Waals surface area contributed by atoms with Crippen molar-refractivity contribution < 1.29 is 19.4 Å². The van der Waals surface area contributed by atoms with Crippen molar-refractivity contribution in [3.8, 4) is 5.69 Å². The summed E-state index contributed by atoms with van der Waals surface area (Å²) in [6.45, 7) is 8.91. The molecule has 1 aromatic heterocycles. The molecule has 1 aliphatic carbocycles. The zero-order chi connectivity index (χ0) is 27.7. The van der Waals surface area contributed by atoms with Crippen molar-refractivity contribution >= 4 is 29.2 Å². The molecule has 1 N–H and O–H groups in total. The maximum atomic E-state index is 14.0. The Hall–Kier alpha value is -3.20. The lowest BCUT2D eigenvalue weighted by Crippen LogP contribution is -2.41. The Morgan fingerprint density at radius 1 is 1.15 bits per heavy atom. The van der Waals surface area contributed by atoms with Crippen LogP contribution in [0.2, 0.25) is 5.02 Å². The Morgan fingerprint density at radius 2 is 1.95 bits per heavy atom. The SMILES string of the molecule is CC.CCOC(=O)c1nn(-c2cccc(Cl)c2)c2c1CCN(c1ccc3c(c1)CN(CCO)CC31CC1)C2=O. The van der Waals surface area contributed by atoms with Crippen LogP contribution < -0.4 is 4.90 Å². The lowest BCUT2D eigenvalue weighted by Gasteiger charge is -2.36. The molecule has 3 aliphatic rings. The van der Waals surface area contributed by atoms with Gasteiger partial charge in [0.05, 0.1) is 18.9 Å². The van der Waals surface area contributed by atoms with Crippen LogP contribution in [0.3, 0.4) is 0 Å². The third kappa shape index (κ3) is 4.97. The Labute approximate surface area is 234 Å². The fourth-order valence-electron chi connectivity index (χ4n) is 5.85. The molecule has 9 heteroatoms. The smallest absolute Gasteiger partial charge is 0.359 e. The third-order valence-corrected chi connectivity index (χ3v) is 7.94. The highest BCUT2D eigenvalue weighted by molar-refractivity contribution is 6.30. The van der Waals surface area contributed by atoms with Gasteiger partial charge in [-0.05, 0) is 67.6 Å². The van der Waals surface area contributed by atoms with Gasteiger partial charge in [-0.15, -0.1) is 0 Å². The van der Waals surface area contributed by atoms with Gasteiger partial charge >= 0.3 is 5.97 Å². The molecule has 3 heterocycles. The van der Waals surface area contributed by atoms with E-state index in [4.69, 9.17) is 16.3 Å². The van der Waals surface area contributed by atoms with Gasteiger partial charge in [0, 0.05) is 47.9 Å². The van der Waals surface area contributed by atoms with E-state index >= 15 is 0 Å². The second-order valence-corrected chi connectivity index (χ2v) is 10.5. The standard InChI is InChI=1S/C28H29ClN4O4.C2H6/c1-2-37-27(36)24-22-8-11-32(26(35)25(22)33(30-24)21-5-3-4-19(29)15-21)20-6-7-23-18(14-20)16-31(12-13-34)17-28(23)9-10-28;1-2/h3-7,14-15,34H,2,8-13,16-17H2,1H3;1-2H3. The first-order chi connectivity index (χ1) is 18.9. The van der Waals surface area contributed by atoms with Crippen molar-refractivity contribution in [2.75, 3.05) is 37.7 Å². The number of hydrogen-bond donors (Lipinski definition) is 1. The summed E-state index contributed by atoms with van der Waals surface area (Å²) in [5, 5.41) is 14.6. The van der Waals surface area contributed by atoms with Gasteiger partial charge in [-0.1, -0.05) is 37.6 Å². The number of rotatable bonds is 6. The van der Waals surface area contributed by atoms with E-state index in [0.717, 1.165) is 31.6 Å². The Morgan fingerprint density at radius 3 is 2.64 bits per heavy atom. The number of aromatic nitrogens is 2. The molecule has 0 atom stereocenters. The summed E-state index contributed by atoms with van der Waals surface area (Å²) in [6, 6.07) is 13.4. The lowest BCUT2D eigenvalue weighted by atomic mass is 9.86. The number of amides is 1. The predicted molar refractivity (Wildman–Crippen MR) is 151 cm³/mol. The van der Waals surface area contributed by atoms with Gasteiger partial charge in [0.1, 0.15) is 5.69 Å². The number of fused-ring (bicyclic) bond motifs is 3. The van der Waals surface area contributed by atoms with Crippen LogP contribution in [0.5, 0.6) is 0 Å². The highest BCUT2D eigenvalue weighted by atomic mass is 35.5. The van der Waals surface area contributed by atoms with Gasteiger partial charge in [0.15, 0.2) is 5.69 Å². The fraction of sp³-hybridized carbons (Fsp3) is 0.433. The lowest BCUT2D eigenvalue weighted by molar-refractivity contribution is 0.0517. The van der Waals surface area contributed by atoms with E-state index in [2.05, 4.69) is 22.1 Å². The van der Waals surface area contributed by atoms with Crippen LogP contribution in [0.1, 0.15) is 71.3 Å². The third-order valence-electron chi connectivity index (χ3n) is 7.70. The van der Waals surface area contributed by atoms with E-state index in [-0.39, 0.29) is 30.2 Å². The second kappa shape index (κ2) is 11.1. The number of ether oxygens (including phenoxy) is 1. The summed E-state index contributed by atoms with van der Waals surface area (Å²) in [7, 11) is 0. The number of aliphatic hydroxyl groups excluding tert-OH is 1. The predicted octanol–water partition coefficient (Wildman–Crippen LogP) is 4.77. The highest BCUT2D eigenvalue weighted by Gasteiger charge is 2.49. The van der Waals surface area contributed by atoms with Gasteiger partial charge < -0.3 is 14.7 Å². The molecular weight excluding hydrogens is 516 g/mol. The summed E-state index contributed by atoms with van der Waals surface area (Å²) in [4.78, 5) is 30.8. The molecule has 206 valence electrons. The minimum absolute atomic E-state index is 0.134. The highest BCUT2D eigenvalue weighted by Crippen LogP contribution is 2.52. The largest absolute Gasteiger partial charge is 0.461 e. The summed E-state index contributed by atoms with van der Waals surface area (Å²) in [6.07, 6.45) is 2.79. The van der Waals surface area contributed by atoms with E-state index in [1.54, 1.807) is 30.0 Å². The molecule has 1 saturated carbocycles. The molecule has 0 saturated heterocycles. The summed E-state index contributed by atoms with van der Waals surface area (Å²) >= 11 is 6.24. The minimum Gasteiger partial charge on any atom is -0.461 e. The molecule has 1 fully saturated rings. The number of carbonyl (C=O) groups is 2. The fourth-order valence-corrected chi connectivity index (χ4v) is 6.03. The first kappa shape index (κ1) is 27.4. The first-order valence-corrected chi connectivity index (χ1v) is 14.2. The van der Waals surface area contributed by atoms with Crippen molar-refractivity contribution in [1.29, 1.82) is 0 Å². The maximum absolute atomic E-state index is 14.0. The molecule has 1 spiro atoms. The zero-order valence-corrected chi connectivity index (χ0v) is 23.5. The van der Waals surface area contributed by atoms with Crippen LogP contribution in [0.25, 0.3) is 5.69 Å². The molecule has 0 unspecified atom stereocenters. The van der Waals surface area contributed by atoms with E-state index in [1.165, 1.54) is 15.8 Å². The van der Waals surface area contributed by atoms with Crippen LogP contribution >= 0.6 is 11.6 Å². The van der Waals surface area contributed by atoms with E-state index in [9.17, 15) is 14.7 Å². The molecule has 8 nitrogen and oxygen atoms in total. The monoisotopic (exact) mass is 550 g/mol. The number of anilines is 1. The molecule has 0 radical (unpaired) electrons. The molecule has 1 amide bonds. The molecule has 0 bridgehead atoms. The van der Waals surface area contributed by atoms with Crippen LogP contribution in [-0.2, 0) is 23.1 Å². The van der Waals surface area contributed by atoms with Gasteiger partial charge in [-0.3, -0.25) is 9.69 Å². The molecule has 3 aromatic rings. The molecule has 6 rings (SSSR count). The Balaban J connectivity index is 0.00000151. The molecule has 39 heavy (non-hydrogen) atoms. The number of aliphatic hydroxyl groups is 1. The van der Waals surface area contributed by atoms with Crippen molar-refractivity contribution in [1.82, 2.24) is 14.7 Å². The molecule has 2 aromatic carbocycles. The first-order valence-electron chi connectivity index (χ1n) is 13.8. The van der Waals surface area contributed by atoms with Crippen molar-refractivity contribution in [3.63, 3.8) is 0 Å². The number of benzene rings is 2. The van der Waals surface area contributed by atoms with Crippen LogP contribution in [0.4, 0.5) is 5.69 Å². The van der Waals surface area contributed by atoms with Gasteiger partial charge in [-0.2, -0.15) is 5.10 Å². The van der Waals surface area contributed by atoms with Crippen molar-refractivity contribution in [2.24, 2.45) is 0 Å². The van der Waals surface area contributed by atoms with Gasteiger partial charge in [0.2, 0.25) is 0 Å². The second-order valence-electron chi connectivity index (χ2n) is 10.1. The van der Waals surface area contributed by atoms with E-state index < -0.39 is 5.97 Å². The van der Waals surface area contributed by atoms with Gasteiger partial charge in [0.25, 0.3) is 5.91 Å². The zero-order valence-electron chi connectivity index (χ0n) is 22.7. The average molecular weight is 551 g/mol. The van der Waals surface area contributed by atoms with Crippen molar-refractivity contribution in [3.05, 3.63) is 75.6 Å². The van der Waals surface area contributed by atoms with E-state index in [1.807, 2.05) is 26.0 Å². The number of hydrogen-bond acceptors (Lipinski definition) is 6. The van der Waals surface area contributed by atoms with Crippen LogP contribution in [-0.4, -0.2) is 64.5 Å². The minimum atomic E-state index is -0.534. The number of nitrogens with zero attached hydrogens (tertiary/aromatic N) is 4. The Kier molecular flexibility index (Phi) is 7.80. The number of halogens is 1. The van der Waals surface area contributed by atoms with E-state index in [0.29, 0.717) is 41.5 Å². The maximum Gasteiger partial charge on any atom is 0.359 e. The number of carbonyl (C=O) groups excluding carboxylic acids is 2. The van der Waals surface area contributed by atoms with Crippen LogP contribution in [0, 0.1) is 0 Å². The van der Waals surface area contributed by atoms with Gasteiger partial charge in [-0.25, -0.2) is 9.48 Å². The summed E-state index contributed by atoms with van der Waals surface area (Å²) < 4.78 is 6.76. The average Bonchev–Trinajstić information content (AvgIpc) is 3.58.